The minimum atomic E-state index is -4.30. The molecule has 220 valence electrons. The third-order valence-electron chi connectivity index (χ3n) is 6.25. The van der Waals surface area contributed by atoms with E-state index in [1.54, 1.807) is 0 Å². The van der Waals surface area contributed by atoms with E-state index in [2.05, 4.69) is 26.3 Å². The molecule has 0 aliphatic heterocycles. The lowest BCUT2D eigenvalue weighted by Gasteiger charge is -2.39. The second kappa shape index (κ2) is 16.2. The van der Waals surface area contributed by atoms with Crippen LogP contribution >= 0.6 is 15.0 Å². The molecule has 0 fully saturated rings. The summed E-state index contributed by atoms with van der Waals surface area (Å²) < 4.78 is 47.7. The number of ether oxygens (including phenoxy) is 2. The van der Waals surface area contributed by atoms with Gasteiger partial charge in [0, 0.05) is 24.7 Å². The molecule has 0 aromatic heterocycles. The highest BCUT2D eigenvalue weighted by atomic mass is 31.2. The van der Waals surface area contributed by atoms with E-state index in [-0.39, 0.29) is 25.9 Å². The van der Waals surface area contributed by atoms with Crippen molar-refractivity contribution in [3.63, 3.8) is 0 Å². The average Bonchev–Trinajstić information content (AvgIpc) is 3.00. The van der Waals surface area contributed by atoms with E-state index in [1.807, 2.05) is 60.7 Å². The lowest BCUT2D eigenvalue weighted by molar-refractivity contribution is -0.145. The third kappa shape index (κ3) is 8.83. The minimum Gasteiger partial charge on any atom is -0.468 e. The Hall–Kier alpha value is -3.32. The van der Waals surface area contributed by atoms with E-state index < -0.39 is 39.1 Å². The van der Waals surface area contributed by atoms with Crippen LogP contribution in [0.2, 0.25) is 0 Å². The summed E-state index contributed by atoms with van der Waals surface area (Å²) in [6.07, 6.45) is 3.09. The van der Waals surface area contributed by atoms with Gasteiger partial charge in [0.2, 0.25) is 0 Å². The highest BCUT2D eigenvalue weighted by Crippen LogP contribution is 2.69. The van der Waals surface area contributed by atoms with E-state index in [4.69, 9.17) is 13.8 Å². The summed E-state index contributed by atoms with van der Waals surface area (Å²) >= 11 is 0. The summed E-state index contributed by atoms with van der Waals surface area (Å²) in [5, 5.41) is 0. The Morgan fingerprint density at radius 2 is 1.05 bits per heavy atom. The molecule has 0 saturated carbocycles. The van der Waals surface area contributed by atoms with Gasteiger partial charge < -0.3 is 9.47 Å². The number of carbonyl (C=O) groups is 2. The molecule has 0 N–H and O–H groups in total. The van der Waals surface area contributed by atoms with Gasteiger partial charge in [-0.1, -0.05) is 86.0 Å². The monoisotopic (exact) mass is 600 g/mol. The van der Waals surface area contributed by atoms with Crippen LogP contribution in [0.25, 0.3) is 0 Å². The first-order valence-electron chi connectivity index (χ1n) is 12.8. The Balaban J connectivity index is 2.62. The van der Waals surface area contributed by atoms with E-state index in [1.165, 1.54) is 35.7 Å². The first-order chi connectivity index (χ1) is 19.6. The van der Waals surface area contributed by atoms with Crippen molar-refractivity contribution in [3.8, 4) is 0 Å². The highest BCUT2D eigenvalue weighted by molar-refractivity contribution is 7.72. The number of benzene rings is 2. The lowest BCUT2D eigenvalue weighted by Crippen LogP contribution is -2.43. The molecule has 0 bridgehead atoms. The molecule has 0 aliphatic rings. The van der Waals surface area contributed by atoms with Crippen molar-refractivity contribution in [2.75, 3.05) is 27.3 Å². The molecule has 2 rings (SSSR count). The van der Waals surface area contributed by atoms with Crippen LogP contribution in [0.4, 0.5) is 0 Å². The zero-order valence-electron chi connectivity index (χ0n) is 23.5. The van der Waals surface area contributed by atoms with Gasteiger partial charge in [-0.25, -0.2) is 13.7 Å². The van der Waals surface area contributed by atoms with Crippen molar-refractivity contribution in [2.24, 2.45) is 0 Å². The molecule has 0 heterocycles. The Morgan fingerprint density at radius 1 is 0.707 bits per heavy atom. The number of hydrogen-bond donors (Lipinski definition) is 0. The maximum absolute atomic E-state index is 14.6. The van der Waals surface area contributed by atoms with Gasteiger partial charge in [-0.15, -0.1) is 13.2 Å². The molecule has 2 aromatic carbocycles. The summed E-state index contributed by atoms with van der Waals surface area (Å²) in [4.78, 5) is 26.0. The van der Waals surface area contributed by atoms with Crippen molar-refractivity contribution in [2.45, 2.75) is 24.9 Å². The molecule has 0 unspecified atom stereocenters. The number of methoxy groups -OCH3 is 2. The molecular weight excluding hydrogens is 562 g/mol. The summed E-state index contributed by atoms with van der Waals surface area (Å²) in [7, 11) is -6.16. The van der Waals surface area contributed by atoms with Gasteiger partial charge in [-0.05, 0) is 24.0 Å². The average molecular weight is 601 g/mol. The largest absolute Gasteiger partial charge is 0.468 e. The summed E-state index contributed by atoms with van der Waals surface area (Å²) in [6, 6.07) is 15.9. The van der Waals surface area contributed by atoms with Gasteiger partial charge >= 0.3 is 27.0 Å². The zero-order chi connectivity index (χ0) is 30.5. The van der Waals surface area contributed by atoms with Crippen LogP contribution in [0.5, 0.6) is 0 Å². The van der Waals surface area contributed by atoms with Crippen molar-refractivity contribution in [1.82, 2.24) is 9.34 Å². The molecule has 0 amide bonds. The van der Waals surface area contributed by atoms with Gasteiger partial charge in [-0.3, -0.25) is 18.7 Å². The number of nitrogens with zero attached hydrogens (tertiary/aromatic N) is 2. The van der Waals surface area contributed by atoms with Crippen LogP contribution in [0.3, 0.4) is 0 Å². The Bertz CT molecular complexity index is 1200. The Kier molecular flexibility index (Phi) is 13.4. The van der Waals surface area contributed by atoms with Gasteiger partial charge in [-0.2, -0.15) is 0 Å². The van der Waals surface area contributed by atoms with Crippen molar-refractivity contribution < 1.29 is 32.5 Å². The Labute approximate surface area is 242 Å². The number of rotatable bonds is 18. The van der Waals surface area contributed by atoms with E-state index in [9.17, 15) is 18.7 Å². The number of esters is 2. The molecule has 41 heavy (non-hydrogen) atoms. The van der Waals surface area contributed by atoms with Crippen molar-refractivity contribution in [3.05, 3.63) is 122 Å². The highest BCUT2D eigenvalue weighted by Gasteiger charge is 2.47. The van der Waals surface area contributed by atoms with Crippen molar-refractivity contribution in [1.29, 1.82) is 0 Å². The molecule has 4 atom stereocenters. The summed E-state index contributed by atoms with van der Waals surface area (Å²) in [5.74, 6) is 0.664. The first-order valence-corrected chi connectivity index (χ1v) is 16.1. The standard InChI is InChI=1S/C30H38N2O7P2/c1-7-21-31(27(29(33)37-5)23-25-17-13-11-14-18-25)40(35,9-3)39-41(36,10-4)32(22-8-2)28(30(34)38-6)24-26-19-15-12-16-20-26/h7-20,27-28H,1-4,21-24H2,5-6H3/t27-,28-,40-,41-/m0/s1. The fraction of sp³-hybridized carbons (Fsp3) is 0.267. The van der Waals surface area contributed by atoms with Gasteiger partial charge in [0.1, 0.15) is 12.1 Å². The topological polar surface area (TPSA) is 102 Å². The molecular formula is C30H38N2O7P2. The fourth-order valence-electron chi connectivity index (χ4n) is 4.24. The quantitative estimate of drug-likeness (QED) is 0.112. The van der Waals surface area contributed by atoms with E-state index in [0.29, 0.717) is 0 Å². The normalized spacial score (nSPS) is 15.5. The predicted octanol–water partition coefficient (Wildman–Crippen LogP) is 6.22. The molecule has 9 nitrogen and oxygen atoms in total. The molecule has 0 radical (unpaired) electrons. The lowest BCUT2D eigenvalue weighted by atomic mass is 10.1. The second-order valence-electron chi connectivity index (χ2n) is 8.85. The van der Waals surface area contributed by atoms with Crippen molar-refractivity contribution >= 4 is 27.0 Å². The summed E-state index contributed by atoms with van der Waals surface area (Å²) in [6.45, 7) is 14.7. The molecule has 0 saturated heterocycles. The zero-order valence-corrected chi connectivity index (χ0v) is 25.3. The maximum atomic E-state index is 14.6. The van der Waals surface area contributed by atoms with Gasteiger partial charge in [0.15, 0.2) is 0 Å². The first kappa shape index (κ1) is 33.9. The second-order valence-corrected chi connectivity index (χ2v) is 13.5. The minimum absolute atomic E-state index is 0.0983. The van der Waals surface area contributed by atoms with E-state index in [0.717, 1.165) is 22.8 Å². The number of carbonyl (C=O) groups excluding carboxylic acids is 2. The molecule has 2 aromatic rings. The number of hydrogen-bond acceptors (Lipinski definition) is 7. The molecule has 0 aliphatic carbocycles. The maximum Gasteiger partial charge on any atom is 0.323 e. The van der Waals surface area contributed by atoms with Gasteiger partial charge in [0.25, 0.3) is 0 Å². The van der Waals surface area contributed by atoms with Crippen LogP contribution in [-0.4, -0.2) is 60.7 Å². The van der Waals surface area contributed by atoms with Crippen LogP contribution < -0.4 is 0 Å². The van der Waals surface area contributed by atoms with Crippen LogP contribution in [0.15, 0.2) is 111 Å². The smallest absolute Gasteiger partial charge is 0.323 e. The Morgan fingerprint density at radius 3 is 1.32 bits per heavy atom. The fourth-order valence-corrected chi connectivity index (χ4v) is 9.10. The van der Waals surface area contributed by atoms with E-state index >= 15 is 0 Å². The van der Waals surface area contributed by atoms with Crippen LogP contribution in [0, 0.1) is 0 Å². The third-order valence-corrected chi connectivity index (χ3v) is 11.4. The van der Waals surface area contributed by atoms with Crippen LogP contribution in [-0.2, 0) is 45.3 Å². The van der Waals surface area contributed by atoms with Crippen LogP contribution in [0.1, 0.15) is 11.1 Å². The predicted molar refractivity (Wildman–Crippen MR) is 162 cm³/mol. The SMILES string of the molecule is C=CCN([C@@H](Cc1ccccc1)C(=O)OC)[P@](=O)(C=C)O[P@@](=O)(C=C)N(CC=C)[C@@H](Cc1ccccc1)C(=O)OC. The summed E-state index contributed by atoms with van der Waals surface area (Å²) in [5.41, 5.74) is 1.53. The molecule has 0 spiro atoms. The molecule has 11 heteroatoms. The van der Waals surface area contributed by atoms with Gasteiger partial charge in [0.05, 0.1) is 14.2 Å².